The van der Waals surface area contributed by atoms with Crippen molar-refractivity contribution >= 4 is 23.2 Å². The lowest BCUT2D eigenvalue weighted by atomic mass is 10.3. The predicted octanol–water partition coefficient (Wildman–Crippen LogP) is 3.32. The molecule has 2 rings (SSSR count). The van der Waals surface area contributed by atoms with Crippen LogP contribution in [0.1, 0.15) is 0 Å². The maximum Gasteiger partial charge on any atom is 0.216 e. The molecule has 0 spiro atoms. The maximum absolute atomic E-state index is 13.2. The van der Waals surface area contributed by atoms with Crippen LogP contribution in [-0.4, -0.2) is 9.78 Å². The minimum absolute atomic E-state index is 0.360. The highest BCUT2D eigenvalue weighted by Gasteiger charge is 2.11. The summed E-state index contributed by atoms with van der Waals surface area (Å²) < 4.78 is 14.2. The largest absolute Gasteiger partial charge is 0.216 e. The molecule has 0 aliphatic rings. The van der Waals surface area contributed by atoms with Crippen LogP contribution in [0.4, 0.5) is 4.39 Å². The van der Waals surface area contributed by atoms with Gasteiger partial charge >= 0.3 is 0 Å². The van der Waals surface area contributed by atoms with E-state index in [1.807, 2.05) is 0 Å². The van der Waals surface area contributed by atoms with Gasteiger partial charge in [0.2, 0.25) is 5.95 Å². The summed E-state index contributed by atoms with van der Waals surface area (Å²) in [5, 5.41) is 4.50. The Bertz CT molecular complexity index is 447. The lowest BCUT2D eigenvalue weighted by Gasteiger charge is -2.06. The Labute approximate surface area is 89.9 Å². The van der Waals surface area contributed by atoms with Crippen molar-refractivity contribution in [2.45, 2.75) is 0 Å². The fourth-order valence-corrected chi connectivity index (χ4v) is 1.70. The molecule has 2 aromatic rings. The van der Waals surface area contributed by atoms with Gasteiger partial charge in [-0.25, -0.2) is 4.68 Å². The summed E-state index contributed by atoms with van der Waals surface area (Å²) >= 11 is 11.8. The van der Waals surface area contributed by atoms with Crippen LogP contribution in [0.25, 0.3) is 5.69 Å². The minimum Gasteiger partial charge on any atom is -0.204 e. The second kappa shape index (κ2) is 3.59. The van der Waals surface area contributed by atoms with Crippen molar-refractivity contribution < 1.29 is 4.39 Å². The van der Waals surface area contributed by atoms with Crippen molar-refractivity contribution in [2.75, 3.05) is 0 Å². The normalized spacial score (nSPS) is 10.5. The first-order chi connectivity index (χ1) is 6.70. The fraction of sp³-hybridized carbons (Fsp3) is 0. The summed E-state index contributed by atoms with van der Waals surface area (Å²) in [7, 11) is 0. The summed E-state index contributed by atoms with van der Waals surface area (Å²) in [6.45, 7) is 0. The van der Waals surface area contributed by atoms with E-state index in [1.54, 1.807) is 18.2 Å². The molecule has 1 aromatic heterocycles. The second-order valence-electron chi connectivity index (χ2n) is 2.64. The number of rotatable bonds is 1. The van der Waals surface area contributed by atoms with Gasteiger partial charge in [0.1, 0.15) is 5.69 Å². The molecule has 2 nitrogen and oxygen atoms in total. The van der Waals surface area contributed by atoms with Crippen LogP contribution in [0, 0.1) is 5.95 Å². The first-order valence-corrected chi connectivity index (χ1v) is 4.59. The van der Waals surface area contributed by atoms with Crippen LogP contribution in [0.3, 0.4) is 0 Å². The van der Waals surface area contributed by atoms with Crippen molar-refractivity contribution in [1.29, 1.82) is 0 Å². The first kappa shape index (κ1) is 9.49. The zero-order chi connectivity index (χ0) is 10.1. The molecule has 0 saturated carbocycles. The van der Waals surface area contributed by atoms with Gasteiger partial charge in [-0.05, 0) is 12.1 Å². The van der Waals surface area contributed by atoms with Crippen LogP contribution >= 0.6 is 23.2 Å². The van der Waals surface area contributed by atoms with E-state index in [0.717, 1.165) is 4.68 Å². The monoisotopic (exact) mass is 230 g/mol. The third-order valence-electron chi connectivity index (χ3n) is 1.75. The summed E-state index contributed by atoms with van der Waals surface area (Å²) in [6, 6.07) is 6.18. The topological polar surface area (TPSA) is 17.8 Å². The predicted molar refractivity (Wildman–Crippen MR) is 53.5 cm³/mol. The molecule has 0 fully saturated rings. The van der Waals surface area contributed by atoms with Crippen molar-refractivity contribution in [3.63, 3.8) is 0 Å². The Morgan fingerprint density at radius 3 is 2.29 bits per heavy atom. The third-order valence-corrected chi connectivity index (χ3v) is 2.36. The van der Waals surface area contributed by atoms with Gasteiger partial charge in [0.25, 0.3) is 0 Å². The smallest absolute Gasteiger partial charge is 0.204 e. The SMILES string of the molecule is Fc1ccnn1-c1c(Cl)cccc1Cl. The highest BCUT2D eigenvalue weighted by Crippen LogP contribution is 2.28. The van der Waals surface area contributed by atoms with E-state index >= 15 is 0 Å². The van der Waals surface area contributed by atoms with Crippen molar-refractivity contribution in [3.05, 3.63) is 46.5 Å². The van der Waals surface area contributed by atoms with Gasteiger partial charge in [0.05, 0.1) is 16.2 Å². The van der Waals surface area contributed by atoms with E-state index in [-0.39, 0.29) is 0 Å². The number of benzene rings is 1. The summed E-state index contributed by atoms with van der Waals surface area (Å²) in [4.78, 5) is 0. The average Bonchev–Trinajstić information content (AvgIpc) is 2.52. The highest BCUT2D eigenvalue weighted by atomic mass is 35.5. The molecular weight excluding hydrogens is 226 g/mol. The zero-order valence-electron chi connectivity index (χ0n) is 6.92. The molecule has 0 atom stereocenters. The molecule has 0 aliphatic heterocycles. The van der Waals surface area contributed by atoms with Crippen LogP contribution in [0.15, 0.2) is 30.5 Å². The van der Waals surface area contributed by atoms with Gasteiger partial charge in [0, 0.05) is 6.07 Å². The van der Waals surface area contributed by atoms with Gasteiger partial charge in [-0.15, -0.1) is 0 Å². The third kappa shape index (κ3) is 1.49. The molecule has 0 amide bonds. The highest BCUT2D eigenvalue weighted by molar-refractivity contribution is 6.37. The van der Waals surface area contributed by atoms with E-state index < -0.39 is 5.95 Å². The molecule has 0 radical (unpaired) electrons. The van der Waals surface area contributed by atoms with Gasteiger partial charge in [-0.3, -0.25) is 0 Å². The Morgan fingerprint density at radius 1 is 1.14 bits per heavy atom. The Hall–Kier alpha value is -1.06. The fourth-order valence-electron chi connectivity index (χ4n) is 1.14. The second-order valence-corrected chi connectivity index (χ2v) is 3.45. The Morgan fingerprint density at radius 2 is 1.79 bits per heavy atom. The lowest BCUT2D eigenvalue weighted by molar-refractivity contribution is 0.537. The molecule has 0 unspecified atom stereocenters. The Balaban J connectivity index is 2.68. The van der Waals surface area contributed by atoms with Crippen LogP contribution in [0.5, 0.6) is 0 Å². The van der Waals surface area contributed by atoms with E-state index in [1.165, 1.54) is 12.3 Å². The van der Waals surface area contributed by atoms with Gasteiger partial charge in [-0.2, -0.15) is 9.49 Å². The van der Waals surface area contributed by atoms with E-state index in [2.05, 4.69) is 5.10 Å². The molecule has 1 heterocycles. The zero-order valence-corrected chi connectivity index (χ0v) is 8.43. The standard InChI is InChI=1S/C9H5Cl2FN2/c10-6-2-1-3-7(11)9(6)14-8(12)4-5-13-14/h1-5H. The molecule has 1 aromatic carbocycles. The van der Waals surface area contributed by atoms with Crippen molar-refractivity contribution in [2.24, 2.45) is 0 Å². The quantitative estimate of drug-likeness (QED) is 0.736. The van der Waals surface area contributed by atoms with Gasteiger partial charge in [0.15, 0.2) is 0 Å². The van der Waals surface area contributed by atoms with E-state index in [0.29, 0.717) is 15.7 Å². The number of nitrogens with zero attached hydrogens (tertiary/aromatic N) is 2. The van der Waals surface area contributed by atoms with E-state index in [4.69, 9.17) is 23.2 Å². The molecule has 72 valence electrons. The molecule has 0 bridgehead atoms. The van der Waals surface area contributed by atoms with E-state index in [9.17, 15) is 4.39 Å². The number of para-hydroxylation sites is 1. The molecule has 5 heteroatoms. The van der Waals surface area contributed by atoms with Gasteiger partial charge in [-0.1, -0.05) is 29.3 Å². The van der Waals surface area contributed by atoms with Crippen molar-refractivity contribution in [1.82, 2.24) is 9.78 Å². The minimum atomic E-state index is -0.500. The number of hydrogen-bond acceptors (Lipinski definition) is 1. The molecule has 0 saturated heterocycles. The maximum atomic E-state index is 13.2. The van der Waals surface area contributed by atoms with Gasteiger partial charge < -0.3 is 0 Å². The first-order valence-electron chi connectivity index (χ1n) is 3.84. The molecule has 0 N–H and O–H groups in total. The summed E-state index contributed by atoms with van der Waals surface area (Å²) in [5.41, 5.74) is 0.360. The van der Waals surface area contributed by atoms with Crippen LogP contribution in [-0.2, 0) is 0 Å². The van der Waals surface area contributed by atoms with Crippen LogP contribution < -0.4 is 0 Å². The number of hydrogen-bond donors (Lipinski definition) is 0. The van der Waals surface area contributed by atoms with Crippen LogP contribution in [0.2, 0.25) is 10.0 Å². The average molecular weight is 231 g/mol. The molecule has 0 aliphatic carbocycles. The summed E-state index contributed by atoms with van der Waals surface area (Å²) in [6.07, 6.45) is 1.34. The van der Waals surface area contributed by atoms with Crippen molar-refractivity contribution in [3.8, 4) is 5.69 Å². The Kier molecular flexibility index (Phi) is 2.44. The summed E-state index contributed by atoms with van der Waals surface area (Å²) in [5.74, 6) is -0.500. The molecule has 14 heavy (non-hydrogen) atoms. The number of halogens is 3. The lowest BCUT2D eigenvalue weighted by Crippen LogP contribution is -2.00. The molecular formula is C9H5Cl2FN2. The number of aromatic nitrogens is 2.